The summed E-state index contributed by atoms with van der Waals surface area (Å²) in [5.74, 6) is -0.518. The van der Waals surface area contributed by atoms with Crippen LogP contribution in [-0.2, 0) is 4.79 Å². The van der Waals surface area contributed by atoms with E-state index in [9.17, 15) is 19.7 Å². The Morgan fingerprint density at radius 2 is 2.10 bits per heavy atom. The Hall–Kier alpha value is -2.64. The summed E-state index contributed by atoms with van der Waals surface area (Å²) in [5.41, 5.74) is 0.364. The highest BCUT2D eigenvalue weighted by Crippen LogP contribution is 2.16. The quantitative estimate of drug-likeness (QED) is 0.402. The molecule has 0 saturated heterocycles. The van der Waals surface area contributed by atoms with Gasteiger partial charge in [0.05, 0.1) is 11.5 Å². The first kappa shape index (κ1) is 16.4. The summed E-state index contributed by atoms with van der Waals surface area (Å²) in [5, 5.41) is 18.0. The fraction of sp³-hybridized carbons (Fsp3) is 0.385. The maximum atomic E-state index is 11.5. The van der Waals surface area contributed by atoms with Crippen molar-refractivity contribution in [3.63, 3.8) is 0 Å². The van der Waals surface area contributed by atoms with E-state index in [0.29, 0.717) is 12.2 Å². The number of nitro groups is 1. The summed E-state index contributed by atoms with van der Waals surface area (Å²) in [7, 11) is 0. The summed E-state index contributed by atoms with van der Waals surface area (Å²) < 4.78 is 0. The lowest BCUT2D eigenvalue weighted by Gasteiger charge is -2.08. The number of anilines is 1. The number of rotatable bonds is 7. The molecule has 1 rings (SSSR count). The van der Waals surface area contributed by atoms with Crippen molar-refractivity contribution in [1.82, 2.24) is 10.6 Å². The van der Waals surface area contributed by atoms with E-state index < -0.39 is 16.9 Å². The van der Waals surface area contributed by atoms with Gasteiger partial charge in [-0.25, -0.2) is 4.79 Å². The molecule has 1 aromatic rings. The largest absolute Gasteiger partial charge is 0.376 e. The van der Waals surface area contributed by atoms with E-state index in [-0.39, 0.29) is 12.2 Å². The van der Waals surface area contributed by atoms with Crippen LogP contribution in [0.5, 0.6) is 0 Å². The number of urea groups is 1. The highest BCUT2D eigenvalue weighted by atomic mass is 16.6. The van der Waals surface area contributed by atoms with Gasteiger partial charge in [0.1, 0.15) is 0 Å². The Bertz CT molecular complexity index is 519. The minimum Gasteiger partial charge on any atom is -0.376 e. The minimum absolute atomic E-state index is 0.0716. The molecule has 0 radical (unpaired) electrons. The van der Waals surface area contributed by atoms with Crippen molar-refractivity contribution in [2.24, 2.45) is 0 Å². The number of carbonyl (C=O) groups is 2. The van der Waals surface area contributed by atoms with Gasteiger partial charge in [-0.2, -0.15) is 0 Å². The molecule has 0 bridgehead atoms. The van der Waals surface area contributed by atoms with Gasteiger partial charge in [-0.1, -0.05) is 19.4 Å². The normalized spacial score (nSPS) is 9.76. The fourth-order valence-corrected chi connectivity index (χ4v) is 1.51. The number of hydrogen-bond donors (Lipinski definition) is 3. The van der Waals surface area contributed by atoms with Crippen molar-refractivity contribution in [2.75, 3.05) is 18.4 Å². The molecule has 3 amide bonds. The number of amides is 3. The number of nitrogens with zero attached hydrogens (tertiary/aromatic N) is 1. The summed E-state index contributed by atoms with van der Waals surface area (Å²) in [6, 6.07) is 5.23. The maximum absolute atomic E-state index is 11.5. The first-order valence-electron chi connectivity index (χ1n) is 6.59. The van der Waals surface area contributed by atoms with E-state index in [4.69, 9.17) is 0 Å². The van der Waals surface area contributed by atoms with Gasteiger partial charge < -0.3 is 10.6 Å². The lowest BCUT2D eigenvalue weighted by Crippen LogP contribution is -2.42. The monoisotopic (exact) mass is 294 g/mol. The Morgan fingerprint density at radius 1 is 1.33 bits per heavy atom. The predicted molar refractivity (Wildman–Crippen MR) is 78.0 cm³/mol. The number of carbonyl (C=O) groups excluding carboxylic acids is 2. The molecular formula is C13H18N4O4. The Balaban J connectivity index is 2.37. The smallest absolute Gasteiger partial charge is 0.321 e. The van der Waals surface area contributed by atoms with Crippen molar-refractivity contribution in [3.05, 3.63) is 34.4 Å². The first-order valence-corrected chi connectivity index (χ1v) is 6.59. The molecule has 0 aromatic heterocycles. The second-order valence-corrected chi connectivity index (χ2v) is 4.32. The van der Waals surface area contributed by atoms with E-state index in [1.807, 2.05) is 6.92 Å². The second-order valence-electron chi connectivity index (χ2n) is 4.32. The standard InChI is InChI=1S/C13H18N4O4/c1-2-3-7-14-13(19)16-12(18)9-15-10-5-4-6-11(8-10)17(20)21/h4-6,8,15H,2-3,7,9H2,1H3,(H2,14,16,18,19). The Labute approximate surface area is 122 Å². The topological polar surface area (TPSA) is 113 Å². The number of hydrogen-bond acceptors (Lipinski definition) is 5. The maximum Gasteiger partial charge on any atom is 0.321 e. The average molecular weight is 294 g/mol. The Kier molecular flexibility index (Phi) is 6.66. The van der Waals surface area contributed by atoms with Crippen LogP contribution >= 0.6 is 0 Å². The van der Waals surface area contributed by atoms with Gasteiger partial charge in [-0.05, 0) is 12.5 Å². The van der Waals surface area contributed by atoms with E-state index in [1.54, 1.807) is 6.07 Å². The third kappa shape index (κ3) is 6.37. The van der Waals surface area contributed by atoms with Crippen LogP contribution in [0.3, 0.4) is 0 Å². The zero-order valence-corrected chi connectivity index (χ0v) is 11.7. The molecule has 0 aliphatic rings. The molecule has 3 N–H and O–H groups in total. The third-order valence-corrected chi connectivity index (χ3v) is 2.58. The molecule has 0 saturated carbocycles. The number of imide groups is 1. The Morgan fingerprint density at radius 3 is 2.76 bits per heavy atom. The van der Waals surface area contributed by atoms with E-state index in [2.05, 4.69) is 16.0 Å². The van der Waals surface area contributed by atoms with Crippen LogP contribution in [0.15, 0.2) is 24.3 Å². The molecule has 1 aromatic carbocycles. The molecule has 0 heterocycles. The molecule has 8 heteroatoms. The van der Waals surface area contributed by atoms with Crippen molar-refractivity contribution in [2.45, 2.75) is 19.8 Å². The molecule has 0 atom stereocenters. The number of nitro benzene ring substituents is 1. The van der Waals surface area contributed by atoms with Crippen LogP contribution in [-0.4, -0.2) is 30.0 Å². The molecule has 21 heavy (non-hydrogen) atoms. The zero-order valence-electron chi connectivity index (χ0n) is 11.7. The second kappa shape index (κ2) is 8.51. The molecule has 0 fully saturated rings. The van der Waals surface area contributed by atoms with Crippen LogP contribution in [0.25, 0.3) is 0 Å². The van der Waals surface area contributed by atoms with E-state index >= 15 is 0 Å². The lowest BCUT2D eigenvalue weighted by molar-refractivity contribution is -0.384. The van der Waals surface area contributed by atoms with Gasteiger partial charge in [0.2, 0.25) is 5.91 Å². The zero-order chi connectivity index (χ0) is 15.7. The van der Waals surface area contributed by atoms with Gasteiger partial charge in [0.15, 0.2) is 0 Å². The summed E-state index contributed by atoms with van der Waals surface area (Å²) in [6.45, 7) is 2.35. The van der Waals surface area contributed by atoms with Gasteiger partial charge in [-0.15, -0.1) is 0 Å². The van der Waals surface area contributed by atoms with Gasteiger partial charge >= 0.3 is 6.03 Å². The SMILES string of the molecule is CCCCNC(=O)NC(=O)CNc1cccc([N+](=O)[O-])c1. The van der Waals surface area contributed by atoms with Crippen LogP contribution in [0.1, 0.15) is 19.8 Å². The van der Waals surface area contributed by atoms with Crippen molar-refractivity contribution >= 4 is 23.3 Å². The molecular weight excluding hydrogens is 276 g/mol. The van der Waals surface area contributed by atoms with Crippen LogP contribution in [0, 0.1) is 10.1 Å². The van der Waals surface area contributed by atoms with Crippen molar-refractivity contribution < 1.29 is 14.5 Å². The lowest BCUT2D eigenvalue weighted by atomic mass is 10.3. The fourth-order valence-electron chi connectivity index (χ4n) is 1.51. The van der Waals surface area contributed by atoms with Crippen LogP contribution in [0.4, 0.5) is 16.2 Å². The van der Waals surface area contributed by atoms with Gasteiger partial charge in [-0.3, -0.25) is 20.2 Å². The average Bonchev–Trinajstić information content (AvgIpc) is 2.45. The molecule has 0 aliphatic heterocycles. The molecule has 0 unspecified atom stereocenters. The highest BCUT2D eigenvalue weighted by molar-refractivity contribution is 5.96. The number of benzene rings is 1. The van der Waals surface area contributed by atoms with Crippen molar-refractivity contribution in [1.29, 1.82) is 0 Å². The van der Waals surface area contributed by atoms with Crippen LogP contribution < -0.4 is 16.0 Å². The molecule has 0 aliphatic carbocycles. The first-order chi connectivity index (χ1) is 10.0. The number of nitrogens with one attached hydrogen (secondary N) is 3. The van der Waals surface area contributed by atoms with Crippen LogP contribution in [0.2, 0.25) is 0 Å². The predicted octanol–water partition coefficient (Wildman–Crippen LogP) is 1.63. The molecule has 0 spiro atoms. The van der Waals surface area contributed by atoms with Crippen molar-refractivity contribution in [3.8, 4) is 0 Å². The van der Waals surface area contributed by atoms with E-state index in [1.165, 1.54) is 18.2 Å². The van der Waals surface area contributed by atoms with Gasteiger partial charge in [0, 0.05) is 24.4 Å². The number of unbranched alkanes of at least 4 members (excludes halogenated alkanes) is 1. The third-order valence-electron chi connectivity index (χ3n) is 2.58. The molecule has 114 valence electrons. The van der Waals surface area contributed by atoms with Gasteiger partial charge in [0.25, 0.3) is 5.69 Å². The van der Waals surface area contributed by atoms with E-state index in [0.717, 1.165) is 12.8 Å². The molecule has 8 nitrogen and oxygen atoms in total. The highest BCUT2D eigenvalue weighted by Gasteiger charge is 2.08. The number of non-ortho nitro benzene ring substituents is 1. The summed E-state index contributed by atoms with van der Waals surface area (Å²) >= 11 is 0. The minimum atomic E-state index is -0.547. The summed E-state index contributed by atoms with van der Waals surface area (Å²) in [4.78, 5) is 32.9. The summed E-state index contributed by atoms with van der Waals surface area (Å²) in [6.07, 6.45) is 1.79.